The van der Waals surface area contributed by atoms with E-state index in [4.69, 9.17) is 10.3 Å². The van der Waals surface area contributed by atoms with E-state index in [1.807, 2.05) is 13.8 Å². The average molecular weight is 315 g/mol. The summed E-state index contributed by atoms with van der Waals surface area (Å²) >= 11 is 0. The minimum atomic E-state index is -0.530. The number of nitrogens with two attached hydrogens (primary N) is 1. The topological polar surface area (TPSA) is 68.2 Å². The predicted octanol–water partition coefficient (Wildman–Crippen LogP) is 2.84. The fourth-order valence-electron chi connectivity index (χ4n) is 3.68. The van der Waals surface area contributed by atoms with Crippen molar-refractivity contribution in [2.75, 3.05) is 6.54 Å². The number of aromatic nitrogens is 2. The molecule has 1 aromatic heterocycles. The summed E-state index contributed by atoms with van der Waals surface area (Å²) in [5.41, 5.74) is 5.48. The summed E-state index contributed by atoms with van der Waals surface area (Å²) in [6.45, 7) is 5.74. The van der Waals surface area contributed by atoms with Gasteiger partial charge in [-0.2, -0.15) is 4.98 Å². The summed E-state index contributed by atoms with van der Waals surface area (Å²) in [5, 5.41) is 4.01. The van der Waals surface area contributed by atoms with E-state index in [1.54, 1.807) is 0 Å². The first kappa shape index (κ1) is 16.7. The Labute approximate surface area is 133 Å². The summed E-state index contributed by atoms with van der Waals surface area (Å²) < 4.78 is 5.38. The normalized spacial score (nSPS) is 24.4. The monoisotopic (exact) mass is 314 g/mol. The molecule has 1 aliphatic heterocycles. The Hall–Kier alpha value is -0.650. The van der Waals surface area contributed by atoms with Gasteiger partial charge < -0.3 is 10.3 Å². The smallest absolute Gasteiger partial charge is 0.240 e. The standard InChI is InChI=1S/C15H26N4O.ClH/c1-15(2,16)14-17-13(20-18-14)10-19-9-5-8-12(19)11-6-3-4-7-11;/h11-12H,3-10,16H2,1-2H3;1H. The van der Waals surface area contributed by atoms with Gasteiger partial charge in [-0.1, -0.05) is 18.0 Å². The molecule has 1 saturated heterocycles. The minimum Gasteiger partial charge on any atom is -0.338 e. The minimum absolute atomic E-state index is 0. The van der Waals surface area contributed by atoms with Crippen molar-refractivity contribution >= 4 is 12.4 Å². The third kappa shape index (κ3) is 3.76. The van der Waals surface area contributed by atoms with Gasteiger partial charge in [0, 0.05) is 6.04 Å². The lowest BCUT2D eigenvalue weighted by Gasteiger charge is -2.28. The van der Waals surface area contributed by atoms with E-state index in [9.17, 15) is 0 Å². The third-order valence-corrected chi connectivity index (χ3v) is 4.74. The van der Waals surface area contributed by atoms with Gasteiger partial charge in [-0.05, 0) is 52.0 Å². The predicted molar refractivity (Wildman–Crippen MR) is 84.1 cm³/mol. The van der Waals surface area contributed by atoms with Crippen molar-refractivity contribution in [3.05, 3.63) is 11.7 Å². The molecule has 0 bridgehead atoms. The molecule has 1 saturated carbocycles. The van der Waals surface area contributed by atoms with Crippen LogP contribution in [0.3, 0.4) is 0 Å². The molecule has 2 N–H and O–H groups in total. The quantitative estimate of drug-likeness (QED) is 0.925. The van der Waals surface area contributed by atoms with Crippen LogP contribution in [0, 0.1) is 5.92 Å². The zero-order valence-electron chi connectivity index (χ0n) is 13.0. The Balaban J connectivity index is 0.00000161. The molecule has 0 radical (unpaired) electrons. The highest BCUT2D eigenvalue weighted by Crippen LogP contribution is 2.35. The van der Waals surface area contributed by atoms with E-state index in [-0.39, 0.29) is 12.4 Å². The molecule has 1 atom stereocenters. The molecular formula is C15H27ClN4O. The summed E-state index contributed by atoms with van der Waals surface area (Å²) in [6.07, 6.45) is 8.22. The van der Waals surface area contributed by atoms with Crippen LogP contribution >= 0.6 is 12.4 Å². The second-order valence-corrected chi connectivity index (χ2v) is 6.96. The van der Waals surface area contributed by atoms with Gasteiger partial charge in [-0.15, -0.1) is 12.4 Å². The van der Waals surface area contributed by atoms with E-state index in [0.29, 0.717) is 11.7 Å². The molecular weight excluding hydrogens is 288 g/mol. The van der Waals surface area contributed by atoms with Gasteiger partial charge in [0.1, 0.15) is 0 Å². The van der Waals surface area contributed by atoms with Gasteiger partial charge >= 0.3 is 0 Å². The van der Waals surface area contributed by atoms with Crippen LogP contribution in [0.5, 0.6) is 0 Å². The highest BCUT2D eigenvalue weighted by Gasteiger charge is 2.34. The number of rotatable bonds is 4. The van der Waals surface area contributed by atoms with Crippen LogP contribution in [-0.2, 0) is 12.1 Å². The van der Waals surface area contributed by atoms with Gasteiger partial charge in [0.05, 0.1) is 12.1 Å². The van der Waals surface area contributed by atoms with Crippen molar-refractivity contribution in [2.45, 2.75) is 70.5 Å². The highest BCUT2D eigenvalue weighted by molar-refractivity contribution is 5.85. The second kappa shape index (κ2) is 6.63. The van der Waals surface area contributed by atoms with Crippen molar-refractivity contribution in [1.29, 1.82) is 0 Å². The zero-order valence-corrected chi connectivity index (χ0v) is 13.9. The van der Waals surface area contributed by atoms with Crippen molar-refractivity contribution in [2.24, 2.45) is 11.7 Å². The molecule has 1 aromatic rings. The number of likely N-dealkylation sites (tertiary alicyclic amines) is 1. The molecule has 3 rings (SSSR count). The lowest BCUT2D eigenvalue weighted by Crippen LogP contribution is -2.34. The number of hydrogen-bond donors (Lipinski definition) is 1. The summed E-state index contributed by atoms with van der Waals surface area (Å²) in [4.78, 5) is 7.00. The first-order valence-electron chi connectivity index (χ1n) is 7.90. The van der Waals surface area contributed by atoms with Gasteiger partial charge in [0.15, 0.2) is 5.82 Å². The SMILES string of the molecule is CC(C)(N)c1noc(CN2CCCC2C2CCCC2)n1.Cl. The van der Waals surface area contributed by atoms with E-state index in [0.717, 1.165) is 25.0 Å². The van der Waals surface area contributed by atoms with Crippen LogP contribution in [0.2, 0.25) is 0 Å². The molecule has 0 amide bonds. The van der Waals surface area contributed by atoms with Crippen LogP contribution < -0.4 is 5.73 Å². The Morgan fingerprint density at radius 3 is 2.57 bits per heavy atom. The molecule has 1 aliphatic carbocycles. The third-order valence-electron chi connectivity index (χ3n) is 4.74. The Morgan fingerprint density at radius 1 is 1.24 bits per heavy atom. The Morgan fingerprint density at radius 2 is 1.95 bits per heavy atom. The molecule has 2 fully saturated rings. The molecule has 120 valence electrons. The van der Waals surface area contributed by atoms with Crippen LogP contribution in [0.1, 0.15) is 64.1 Å². The zero-order chi connectivity index (χ0) is 14.2. The number of nitrogens with zero attached hydrogens (tertiary/aromatic N) is 3. The summed E-state index contributed by atoms with van der Waals surface area (Å²) in [5.74, 6) is 2.19. The van der Waals surface area contributed by atoms with E-state index in [2.05, 4.69) is 15.0 Å². The molecule has 2 aliphatic rings. The fraction of sp³-hybridized carbons (Fsp3) is 0.867. The number of hydrogen-bond acceptors (Lipinski definition) is 5. The molecule has 5 nitrogen and oxygen atoms in total. The molecule has 1 unspecified atom stereocenters. The molecule has 6 heteroatoms. The van der Waals surface area contributed by atoms with Gasteiger partial charge in [0.25, 0.3) is 0 Å². The maximum Gasteiger partial charge on any atom is 0.240 e. The molecule has 0 spiro atoms. The van der Waals surface area contributed by atoms with Crippen LogP contribution in [0.4, 0.5) is 0 Å². The van der Waals surface area contributed by atoms with E-state index >= 15 is 0 Å². The van der Waals surface area contributed by atoms with E-state index in [1.165, 1.54) is 38.5 Å². The second-order valence-electron chi connectivity index (χ2n) is 6.96. The lowest BCUT2D eigenvalue weighted by atomic mass is 9.96. The largest absolute Gasteiger partial charge is 0.338 e. The first-order chi connectivity index (χ1) is 9.54. The van der Waals surface area contributed by atoms with Crippen LogP contribution in [0.25, 0.3) is 0 Å². The Bertz CT molecular complexity index is 451. The van der Waals surface area contributed by atoms with Gasteiger partial charge in [0.2, 0.25) is 5.89 Å². The van der Waals surface area contributed by atoms with Crippen molar-refractivity contribution in [1.82, 2.24) is 15.0 Å². The highest BCUT2D eigenvalue weighted by atomic mass is 35.5. The summed E-state index contributed by atoms with van der Waals surface area (Å²) in [7, 11) is 0. The van der Waals surface area contributed by atoms with Gasteiger partial charge in [-0.25, -0.2) is 0 Å². The van der Waals surface area contributed by atoms with Crippen molar-refractivity contribution in [3.63, 3.8) is 0 Å². The molecule has 21 heavy (non-hydrogen) atoms. The first-order valence-corrected chi connectivity index (χ1v) is 7.90. The summed E-state index contributed by atoms with van der Waals surface area (Å²) in [6, 6.07) is 0.721. The van der Waals surface area contributed by atoms with E-state index < -0.39 is 5.54 Å². The maximum atomic E-state index is 6.01. The molecule has 2 heterocycles. The average Bonchev–Trinajstić information content (AvgIpc) is 3.08. The number of halogens is 1. The van der Waals surface area contributed by atoms with Crippen molar-refractivity contribution < 1.29 is 4.52 Å². The van der Waals surface area contributed by atoms with Gasteiger partial charge in [-0.3, -0.25) is 4.90 Å². The fourth-order valence-corrected chi connectivity index (χ4v) is 3.68. The van der Waals surface area contributed by atoms with Crippen molar-refractivity contribution in [3.8, 4) is 0 Å². The van der Waals surface area contributed by atoms with Crippen LogP contribution in [0.15, 0.2) is 4.52 Å². The van der Waals surface area contributed by atoms with Crippen LogP contribution in [-0.4, -0.2) is 27.6 Å². The molecule has 0 aromatic carbocycles. The lowest BCUT2D eigenvalue weighted by molar-refractivity contribution is 0.163. The Kier molecular flexibility index (Phi) is 5.28. The maximum absolute atomic E-state index is 6.01.